The van der Waals surface area contributed by atoms with E-state index in [0.717, 1.165) is 16.6 Å². The number of anilines is 1. The van der Waals surface area contributed by atoms with Crippen molar-refractivity contribution >= 4 is 73.4 Å². The highest BCUT2D eigenvalue weighted by molar-refractivity contribution is 8.03. The number of fused-ring (bicyclic) bond motifs is 2. The number of hydrogen-bond donors (Lipinski definition) is 2. The van der Waals surface area contributed by atoms with E-state index in [-0.39, 0.29) is 17.6 Å². The van der Waals surface area contributed by atoms with Gasteiger partial charge in [-0.3, -0.25) is 9.59 Å². The molecule has 0 spiro atoms. The predicted octanol–water partition coefficient (Wildman–Crippen LogP) is 3.27. The Labute approximate surface area is 194 Å². The van der Waals surface area contributed by atoms with Crippen molar-refractivity contribution in [1.82, 2.24) is 20.5 Å². The number of rotatable bonds is 9. The lowest BCUT2D eigenvalue weighted by molar-refractivity contribution is -0.118. The molecule has 0 bridgehead atoms. The number of hydrogen-bond acceptors (Lipinski definition) is 11. The summed E-state index contributed by atoms with van der Waals surface area (Å²) in [5, 5.41) is 14.3. The van der Waals surface area contributed by atoms with Crippen LogP contribution in [-0.4, -0.2) is 58.3 Å². The van der Waals surface area contributed by atoms with Crippen molar-refractivity contribution < 1.29 is 19.1 Å². The highest BCUT2D eigenvalue weighted by Gasteiger charge is 2.16. The highest BCUT2D eigenvalue weighted by Crippen LogP contribution is 2.38. The van der Waals surface area contributed by atoms with Gasteiger partial charge in [-0.1, -0.05) is 53.1 Å². The van der Waals surface area contributed by atoms with E-state index in [0.29, 0.717) is 50.8 Å². The fraction of sp³-hybridized carbons (Fsp3) is 0.389. The molecular formula is C18H19N5O4S4. The Kier molecular flexibility index (Phi) is 7.48. The lowest BCUT2D eigenvalue weighted by Gasteiger charge is -2.17. The number of aromatic nitrogens is 3. The Morgan fingerprint density at radius 3 is 2.42 bits per heavy atom. The number of nitrogens with one attached hydrogen (secondary N) is 2. The molecule has 0 unspecified atom stereocenters. The molecular weight excluding hydrogens is 478 g/mol. The van der Waals surface area contributed by atoms with Crippen LogP contribution in [0.15, 0.2) is 20.8 Å². The summed E-state index contributed by atoms with van der Waals surface area (Å²) in [5.41, 5.74) is 0.756. The van der Waals surface area contributed by atoms with Crippen LogP contribution in [0.5, 0.6) is 11.5 Å². The SMILES string of the molecule is CCCNC(=O)CSc1nnc(SCC(=O)Nc2nc3cc4c(cc3s2)OCCO4)s1. The lowest BCUT2D eigenvalue weighted by Crippen LogP contribution is -2.25. The topological polar surface area (TPSA) is 115 Å². The average molecular weight is 498 g/mol. The number of nitrogens with zero attached hydrogens (tertiary/aromatic N) is 3. The van der Waals surface area contributed by atoms with Gasteiger partial charge >= 0.3 is 0 Å². The van der Waals surface area contributed by atoms with Crippen molar-refractivity contribution in [3.63, 3.8) is 0 Å². The minimum absolute atomic E-state index is 0.0227. The molecule has 0 saturated carbocycles. The average Bonchev–Trinajstić information content (AvgIpc) is 3.38. The molecule has 0 radical (unpaired) electrons. The zero-order chi connectivity index (χ0) is 21.6. The second kappa shape index (κ2) is 10.5. The molecule has 9 nitrogen and oxygen atoms in total. The number of carbonyl (C=O) groups excluding carboxylic acids is 2. The van der Waals surface area contributed by atoms with Gasteiger partial charge in [-0.2, -0.15) is 0 Å². The van der Waals surface area contributed by atoms with Crippen molar-refractivity contribution in [2.24, 2.45) is 0 Å². The summed E-state index contributed by atoms with van der Waals surface area (Å²) < 4.78 is 13.5. The molecule has 0 saturated heterocycles. The number of ether oxygens (including phenoxy) is 2. The monoisotopic (exact) mass is 497 g/mol. The molecule has 2 amide bonds. The third-order valence-electron chi connectivity index (χ3n) is 3.91. The third kappa shape index (κ3) is 5.99. The highest BCUT2D eigenvalue weighted by atomic mass is 32.2. The summed E-state index contributed by atoms with van der Waals surface area (Å²) >= 11 is 5.39. The first-order valence-electron chi connectivity index (χ1n) is 9.46. The molecule has 1 aromatic carbocycles. The summed E-state index contributed by atoms with van der Waals surface area (Å²) in [5.74, 6) is 1.66. The number of amides is 2. The lowest BCUT2D eigenvalue weighted by atomic mass is 10.3. The van der Waals surface area contributed by atoms with Gasteiger partial charge in [-0.05, 0) is 6.42 Å². The molecule has 2 aromatic heterocycles. The molecule has 1 aliphatic rings. The number of thioether (sulfide) groups is 2. The second-order valence-electron chi connectivity index (χ2n) is 6.29. The van der Waals surface area contributed by atoms with Crippen LogP contribution in [0.25, 0.3) is 10.2 Å². The number of benzene rings is 1. The van der Waals surface area contributed by atoms with Gasteiger partial charge in [0.15, 0.2) is 25.3 Å². The van der Waals surface area contributed by atoms with Crippen LogP contribution in [-0.2, 0) is 9.59 Å². The zero-order valence-corrected chi connectivity index (χ0v) is 19.8. The fourth-order valence-electron chi connectivity index (χ4n) is 2.56. The van der Waals surface area contributed by atoms with Gasteiger partial charge in [0.1, 0.15) is 13.2 Å². The van der Waals surface area contributed by atoms with Gasteiger partial charge < -0.3 is 20.1 Å². The maximum Gasteiger partial charge on any atom is 0.236 e. The summed E-state index contributed by atoms with van der Waals surface area (Å²) in [6, 6.07) is 3.71. The molecule has 0 fully saturated rings. The van der Waals surface area contributed by atoms with Gasteiger partial charge in [-0.15, -0.1) is 10.2 Å². The van der Waals surface area contributed by atoms with E-state index in [2.05, 4.69) is 25.8 Å². The van der Waals surface area contributed by atoms with Crippen LogP contribution in [0.4, 0.5) is 5.13 Å². The smallest absolute Gasteiger partial charge is 0.236 e. The molecule has 4 rings (SSSR count). The fourth-order valence-corrected chi connectivity index (χ4v) is 6.10. The molecule has 164 valence electrons. The minimum atomic E-state index is -0.176. The first-order chi connectivity index (χ1) is 15.1. The Morgan fingerprint density at radius 1 is 1.03 bits per heavy atom. The molecule has 2 N–H and O–H groups in total. The van der Waals surface area contributed by atoms with Gasteiger partial charge in [0.05, 0.1) is 21.7 Å². The van der Waals surface area contributed by atoms with Crippen LogP contribution in [0.2, 0.25) is 0 Å². The first kappa shape index (κ1) is 22.1. The zero-order valence-electron chi connectivity index (χ0n) is 16.5. The first-order valence-corrected chi connectivity index (χ1v) is 13.1. The summed E-state index contributed by atoms with van der Waals surface area (Å²) in [7, 11) is 0. The maximum absolute atomic E-state index is 12.3. The van der Waals surface area contributed by atoms with Crippen LogP contribution < -0.4 is 20.1 Å². The van der Waals surface area contributed by atoms with Crippen LogP contribution in [0.3, 0.4) is 0 Å². The van der Waals surface area contributed by atoms with Gasteiger partial charge in [0, 0.05) is 18.7 Å². The number of thiazole rings is 1. The van der Waals surface area contributed by atoms with Crippen molar-refractivity contribution in [1.29, 1.82) is 0 Å². The van der Waals surface area contributed by atoms with Gasteiger partial charge in [-0.25, -0.2) is 4.98 Å². The van der Waals surface area contributed by atoms with Crippen LogP contribution >= 0.6 is 46.2 Å². The molecule has 1 aliphatic heterocycles. The van der Waals surface area contributed by atoms with Gasteiger partial charge in [0.25, 0.3) is 0 Å². The van der Waals surface area contributed by atoms with Crippen molar-refractivity contribution in [2.75, 3.05) is 36.6 Å². The van der Waals surface area contributed by atoms with E-state index < -0.39 is 0 Å². The van der Waals surface area contributed by atoms with E-state index in [1.165, 1.54) is 46.2 Å². The van der Waals surface area contributed by atoms with E-state index in [9.17, 15) is 9.59 Å². The Balaban J connectivity index is 1.27. The normalized spacial score (nSPS) is 12.7. The Hall–Kier alpha value is -2.09. The second-order valence-corrected chi connectivity index (χ2v) is 10.7. The Morgan fingerprint density at radius 2 is 1.71 bits per heavy atom. The summed E-state index contributed by atoms with van der Waals surface area (Å²) in [4.78, 5) is 28.4. The Bertz CT molecular complexity index is 1040. The summed E-state index contributed by atoms with van der Waals surface area (Å²) in [6.07, 6.45) is 0.903. The molecule has 0 aliphatic carbocycles. The molecule has 31 heavy (non-hydrogen) atoms. The molecule has 3 aromatic rings. The van der Waals surface area contributed by atoms with Crippen LogP contribution in [0, 0.1) is 0 Å². The van der Waals surface area contributed by atoms with E-state index in [1.807, 2.05) is 19.1 Å². The van der Waals surface area contributed by atoms with E-state index in [4.69, 9.17) is 9.47 Å². The predicted molar refractivity (Wildman–Crippen MR) is 124 cm³/mol. The molecule has 0 atom stereocenters. The van der Waals surface area contributed by atoms with E-state index >= 15 is 0 Å². The molecule has 3 heterocycles. The van der Waals surface area contributed by atoms with Crippen molar-refractivity contribution in [3.8, 4) is 11.5 Å². The summed E-state index contributed by atoms with van der Waals surface area (Å²) in [6.45, 7) is 3.72. The third-order valence-corrected chi connectivity index (χ3v) is 8.04. The molecule has 13 heteroatoms. The maximum atomic E-state index is 12.3. The largest absolute Gasteiger partial charge is 0.486 e. The standard InChI is InChI=1S/C18H19N5O4S4/c1-2-3-19-14(24)8-28-17-22-23-18(31-17)29-9-15(25)21-16-20-10-6-11-12(7-13(10)30-16)27-5-4-26-11/h6-7H,2-5,8-9H2,1H3,(H,19,24)(H,20,21,25). The van der Waals surface area contributed by atoms with Crippen molar-refractivity contribution in [2.45, 2.75) is 22.0 Å². The van der Waals surface area contributed by atoms with Crippen molar-refractivity contribution in [3.05, 3.63) is 12.1 Å². The quantitative estimate of drug-likeness (QED) is 0.430. The van der Waals surface area contributed by atoms with Crippen LogP contribution in [0.1, 0.15) is 13.3 Å². The minimum Gasteiger partial charge on any atom is -0.486 e. The van der Waals surface area contributed by atoms with E-state index in [1.54, 1.807) is 0 Å². The van der Waals surface area contributed by atoms with Gasteiger partial charge in [0.2, 0.25) is 11.8 Å². The number of carbonyl (C=O) groups is 2.